The molecule has 0 aliphatic carbocycles. The third kappa shape index (κ3) is 1.76. The van der Waals surface area contributed by atoms with Gasteiger partial charge >= 0.3 is 0 Å². The third-order valence-corrected chi connectivity index (χ3v) is 4.34. The zero-order chi connectivity index (χ0) is 12.5. The summed E-state index contributed by atoms with van der Waals surface area (Å²) in [7, 11) is 0. The van der Waals surface area contributed by atoms with Crippen molar-refractivity contribution in [1.29, 1.82) is 0 Å². The smallest absolute Gasteiger partial charge is 0.0485 e. The molecule has 2 nitrogen and oxygen atoms in total. The topological polar surface area (TPSA) is 17.0 Å². The molecule has 1 saturated heterocycles. The van der Waals surface area contributed by atoms with E-state index in [2.05, 4.69) is 48.0 Å². The lowest BCUT2D eigenvalue weighted by atomic mass is 9.88. The van der Waals surface area contributed by atoms with Gasteiger partial charge in [0.15, 0.2) is 0 Å². The molecule has 3 rings (SSSR count). The molecular weight excluding hydrogens is 220 g/mol. The highest BCUT2D eigenvalue weighted by molar-refractivity contribution is 5.86. The van der Waals surface area contributed by atoms with E-state index in [9.17, 15) is 0 Å². The molecule has 2 aromatic rings. The van der Waals surface area contributed by atoms with Crippen LogP contribution in [0.25, 0.3) is 10.9 Å². The van der Waals surface area contributed by atoms with E-state index >= 15 is 0 Å². The summed E-state index contributed by atoms with van der Waals surface area (Å²) in [6, 6.07) is 8.88. The lowest BCUT2D eigenvalue weighted by Gasteiger charge is -2.23. The van der Waals surface area contributed by atoms with Gasteiger partial charge in [-0.25, -0.2) is 0 Å². The number of benzene rings is 1. The van der Waals surface area contributed by atoms with Gasteiger partial charge in [-0.2, -0.15) is 0 Å². The normalized spacial score (nSPS) is 17.4. The van der Waals surface area contributed by atoms with Crippen molar-refractivity contribution in [2.24, 2.45) is 0 Å². The Morgan fingerprint density at radius 1 is 1.22 bits per heavy atom. The molecular formula is C16H22N2. The maximum absolute atomic E-state index is 3.47. The van der Waals surface area contributed by atoms with Gasteiger partial charge in [0.25, 0.3) is 0 Å². The fourth-order valence-electron chi connectivity index (χ4n) is 3.49. The average Bonchev–Trinajstić information content (AvgIpc) is 2.71. The zero-order valence-electron chi connectivity index (χ0n) is 11.4. The standard InChI is InChI=1S/C16H22N2/c1-3-18-12(2)16(13-8-10-17-11-9-13)14-6-4-5-7-15(14)18/h4-7,13,17H,3,8-11H2,1-2H3. The Labute approximate surface area is 109 Å². The molecule has 2 heteroatoms. The largest absolute Gasteiger partial charge is 0.345 e. The number of fused-ring (bicyclic) bond motifs is 1. The third-order valence-electron chi connectivity index (χ3n) is 4.34. The van der Waals surface area contributed by atoms with E-state index in [4.69, 9.17) is 0 Å². The van der Waals surface area contributed by atoms with Gasteiger partial charge in [-0.3, -0.25) is 0 Å². The van der Waals surface area contributed by atoms with Gasteiger partial charge in [-0.1, -0.05) is 18.2 Å². The fourth-order valence-corrected chi connectivity index (χ4v) is 3.49. The Hall–Kier alpha value is -1.28. The monoisotopic (exact) mass is 242 g/mol. The predicted octanol–water partition coefficient (Wildman–Crippen LogP) is 3.44. The molecule has 18 heavy (non-hydrogen) atoms. The molecule has 1 aliphatic heterocycles. The Bertz CT molecular complexity index is 547. The highest BCUT2D eigenvalue weighted by Crippen LogP contribution is 2.35. The Morgan fingerprint density at radius 3 is 2.67 bits per heavy atom. The van der Waals surface area contributed by atoms with Crippen molar-refractivity contribution >= 4 is 10.9 Å². The number of aromatic nitrogens is 1. The first-order valence-electron chi connectivity index (χ1n) is 7.11. The highest BCUT2D eigenvalue weighted by Gasteiger charge is 2.22. The lowest BCUT2D eigenvalue weighted by molar-refractivity contribution is 0.460. The van der Waals surface area contributed by atoms with Crippen LogP contribution in [-0.2, 0) is 6.54 Å². The van der Waals surface area contributed by atoms with E-state index in [1.165, 1.54) is 29.4 Å². The summed E-state index contributed by atoms with van der Waals surface area (Å²) >= 11 is 0. The minimum Gasteiger partial charge on any atom is -0.345 e. The molecule has 0 amide bonds. The fraction of sp³-hybridized carbons (Fsp3) is 0.500. The van der Waals surface area contributed by atoms with E-state index in [0.29, 0.717) is 0 Å². The summed E-state index contributed by atoms with van der Waals surface area (Å²) in [5.41, 5.74) is 4.49. The minimum atomic E-state index is 0.740. The number of nitrogens with one attached hydrogen (secondary N) is 1. The predicted molar refractivity (Wildman–Crippen MR) is 77.2 cm³/mol. The average molecular weight is 242 g/mol. The number of nitrogens with zero attached hydrogens (tertiary/aromatic N) is 1. The first-order chi connectivity index (χ1) is 8.83. The van der Waals surface area contributed by atoms with E-state index in [1.807, 2.05) is 0 Å². The summed E-state index contributed by atoms with van der Waals surface area (Å²) in [6.45, 7) is 7.93. The summed E-state index contributed by atoms with van der Waals surface area (Å²) in [4.78, 5) is 0. The van der Waals surface area contributed by atoms with Crippen molar-refractivity contribution in [3.63, 3.8) is 0 Å². The van der Waals surface area contributed by atoms with Crippen molar-refractivity contribution in [1.82, 2.24) is 9.88 Å². The van der Waals surface area contributed by atoms with Gasteiger partial charge in [0.1, 0.15) is 0 Å². The molecule has 0 radical (unpaired) electrons. The number of hydrogen-bond acceptors (Lipinski definition) is 1. The second kappa shape index (κ2) is 4.77. The van der Waals surface area contributed by atoms with Crippen molar-refractivity contribution in [3.05, 3.63) is 35.5 Å². The summed E-state index contributed by atoms with van der Waals surface area (Å²) < 4.78 is 2.46. The second-order valence-electron chi connectivity index (χ2n) is 5.28. The first kappa shape index (κ1) is 11.8. The number of aryl methyl sites for hydroxylation is 1. The Kier molecular flexibility index (Phi) is 3.13. The molecule has 0 unspecified atom stereocenters. The molecule has 96 valence electrons. The number of hydrogen-bond donors (Lipinski definition) is 1. The van der Waals surface area contributed by atoms with Crippen molar-refractivity contribution in [3.8, 4) is 0 Å². The molecule has 0 bridgehead atoms. The van der Waals surface area contributed by atoms with Crippen LogP contribution in [0.5, 0.6) is 0 Å². The molecule has 2 heterocycles. The molecule has 1 aromatic heterocycles. The van der Waals surface area contributed by atoms with Crippen LogP contribution < -0.4 is 5.32 Å². The summed E-state index contributed by atoms with van der Waals surface area (Å²) in [6.07, 6.45) is 2.55. The van der Waals surface area contributed by atoms with Crippen LogP contribution in [0.15, 0.2) is 24.3 Å². The van der Waals surface area contributed by atoms with E-state index in [-0.39, 0.29) is 0 Å². The quantitative estimate of drug-likeness (QED) is 0.853. The van der Waals surface area contributed by atoms with Crippen LogP contribution in [0.1, 0.15) is 36.9 Å². The maximum Gasteiger partial charge on any atom is 0.0485 e. The molecule has 0 spiro atoms. The van der Waals surface area contributed by atoms with Gasteiger partial charge < -0.3 is 9.88 Å². The van der Waals surface area contributed by atoms with Crippen molar-refractivity contribution in [2.75, 3.05) is 13.1 Å². The number of para-hydroxylation sites is 1. The van der Waals surface area contributed by atoms with Crippen molar-refractivity contribution < 1.29 is 0 Å². The Morgan fingerprint density at radius 2 is 1.94 bits per heavy atom. The lowest BCUT2D eigenvalue weighted by Crippen LogP contribution is -2.26. The SMILES string of the molecule is CCn1c(C)c(C2CCNCC2)c2ccccc21. The number of rotatable bonds is 2. The van der Waals surface area contributed by atoms with Crippen LogP contribution in [0.3, 0.4) is 0 Å². The van der Waals surface area contributed by atoms with E-state index in [0.717, 1.165) is 25.6 Å². The van der Waals surface area contributed by atoms with Crippen LogP contribution in [-0.4, -0.2) is 17.7 Å². The molecule has 1 aromatic carbocycles. The molecule has 1 N–H and O–H groups in total. The molecule has 1 aliphatic rings. The van der Waals surface area contributed by atoms with Crippen molar-refractivity contribution in [2.45, 2.75) is 39.2 Å². The van der Waals surface area contributed by atoms with E-state index in [1.54, 1.807) is 5.56 Å². The summed E-state index contributed by atoms with van der Waals surface area (Å²) in [5, 5.41) is 4.94. The Balaban J connectivity index is 2.18. The number of piperidine rings is 1. The molecule has 0 saturated carbocycles. The van der Waals surface area contributed by atoms with Gasteiger partial charge in [-0.05, 0) is 57.3 Å². The zero-order valence-corrected chi connectivity index (χ0v) is 11.4. The van der Waals surface area contributed by atoms with Crippen LogP contribution in [0.4, 0.5) is 0 Å². The summed E-state index contributed by atoms with van der Waals surface area (Å²) in [5.74, 6) is 0.740. The van der Waals surface area contributed by atoms with Crippen LogP contribution in [0.2, 0.25) is 0 Å². The van der Waals surface area contributed by atoms with Gasteiger partial charge in [0.2, 0.25) is 0 Å². The minimum absolute atomic E-state index is 0.740. The van der Waals surface area contributed by atoms with Gasteiger partial charge in [0.05, 0.1) is 0 Å². The second-order valence-corrected chi connectivity index (χ2v) is 5.28. The highest BCUT2D eigenvalue weighted by atomic mass is 15.0. The molecule has 1 fully saturated rings. The van der Waals surface area contributed by atoms with Gasteiger partial charge in [0, 0.05) is 23.1 Å². The molecule has 0 atom stereocenters. The first-order valence-corrected chi connectivity index (χ1v) is 7.11. The van der Waals surface area contributed by atoms with E-state index < -0.39 is 0 Å². The van der Waals surface area contributed by atoms with Crippen LogP contribution in [0, 0.1) is 6.92 Å². The maximum atomic E-state index is 3.47. The van der Waals surface area contributed by atoms with Gasteiger partial charge in [-0.15, -0.1) is 0 Å². The van der Waals surface area contributed by atoms with Crippen LogP contribution >= 0.6 is 0 Å².